The summed E-state index contributed by atoms with van der Waals surface area (Å²) in [4.78, 5) is 2.31. The molecule has 114 valence electrons. The van der Waals surface area contributed by atoms with Crippen molar-refractivity contribution in [2.45, 2.75) is 32.4 Å². The molecule has 0 aliphatic rings. The largest absolute Gasteiger partial charge is 0.468 e. The van der Waals surface area contributed by atoms with Gasteiger partial charge in [0.15, 0.2) is 0 Å². The number of rotatable bonds is 9. The molecule has 3 heteroatoms. The van der Waals surface area contributed by atoms with Crippen molar-refractivity contribution in [3.63, 3.8) is 0 Å². The van der Waals surface area contributed by atoms with E-state index >= 15 is 0 Å². The fraction of sp³-hybridized carbons (Fsp3) is 0.444. The SMILES string of the molecule is CCCNC(CCN(C)Cc1ccco1)c1ccccc1. The van der Waals surface area contributed by atoms with Gasteiger partial charge in [0.2, 0.25) is 0 Å². The summed E-state index contributed by atoms with van der Waals surface area (Å²) in [5, 5.41) is 3.65. The summed E-state index contributed by atoms with van der Waals surface area (Å²) in [5.41, 5.74) is 1.37. The average molecular weight is 286 g/mol. The molecule has 1 heterocycles. The molecule has 3 nitrogen and oxygen atoms in total. The Morgan fingerprint density at radius 1 is 1.14 bits per heavy atom. The van der Waals surface area contributed by atoms with Crippen LogP contribution >= 0.6 is 0 Å². The maximum atomic E-state index is 5.40. The number of nitrogens with zero attached hydrogens (tertiary/aromatic N) is 1. The topological polar surface area (TPSA) is 28.4 Å². The third-order valence-corrected chi connectivity index (χ3v) is 3.65. The van der Waals surface area contributed by atoms with E-state index < -0.39 is 0 Å². The van der Waals surface area contributed by atoms with E-state index in [2.05, 4.69) is 54.5 Å². The number of hydrogen-bond donors (Lipinski definition) is 1. The van der Waals surface area contributed by atoms with Crippen molar-refractivity contribution in [3.05, 3.63) is 60.1 Å². The lowest BCUT2D eigenvalue weighted by molar-refractivity contribution is 0.276. The highest BCUT2D eigenvalue weighted by Crippen LogP contribution is 2.17. The van der Waals surface area contributed by atoms with Gasteiger partial charge in [-0.2, -0.15) is 0 Å². The third kappa shape index (κ3) is 5.37. The molecule has 0 fully saturated rings. The third-order valence-electron chi connectivity index (χ3n) is 3.65. The summed E-state index contributed by atoms with van der Waals surface area (Å²) in [5.74, 6) is 1.02. The van der Waals surface area contributed by atoms with Gasteiger partial charge in [-0.15, -0.1) is 0 Å². The summed E-state index contributed by atoms with van der Waals surface area (Å²) >= 11 is 0. The monoisotopic (exact) mass is 286 g/mol. The first kappa shape index (κ1) is 15.8. The molecular weight excluding hydrogens is 260 g/mol. The van der Waals surface area contributed by atoms with Crippen LogP contribution in [0.1, 0.15) is 37.1 Å². The molecule has 0 bridgehead atoms. The molecule has 0 spiro atoms. The van der Waals surface area contributed by atoms with E-state index in [1.165, 1.54) is 5.56 Å². The first-order valence-corrected chi connectivity index (χ1v) is 7.79. The highest BCUT2D eigenvalue weighted by molar-refractivity contribution is 5.18. The van der Waals surface area contributed by atoms with Gasteiger partial charge in [-0.05, 0) is 44.1 Å². The maximum Gasteiger partial charge on any atom is 0.117 e. The van der Waals surface area contributed by atoms with Crippen LogP contribution in [0.15, 0.2) is 53.1 Å². The highest BCUT2D eigenvalue weighted by atomic mass is 16.3. The van der Waals surface area contributed by atoms with Crippen LogP contribution in [0, 0.1) is 0 Å². The Hall–Kier alpha value is -1.58. The fourth-order valence-corrected chi connectivity index (χ4v) is 2.49. The molecule has 1 unspecified atom stereocenters. The predicted molar refractivity (Wildman–Crippen MR) is 87.1 cm³/mol. The van der Waals surface area contributed by atoms with Gasteiger partial charge in [0.1, 0.15) is 5.76 Å². The number of furan rings is 1. The molecule has 0 amide bonds. The van der Waals surface area contributed by atoms with Crippen LogP contribution in [0.2, 0.25) is 0 Å². The van der Waals surface area contributed by atoms with Crippen LogP contribution < -0.4 is 5.32 Å². The standard InChI is InChI=1S/C18H26N2O/c1-3-12-19-18(16-8-5-4-6-9-16)11-13-20(2)15-17-10-7-14-21-17/h4-10,14,18-19H,3,11-13,15H2,1-2H3. The van der Waals surface area contributed by atoms with Gasteiger partial charge < -0.3 is 9.73 Å². The van der Waals surface area contributed by atoms with Crippen LogP contribution in [-0.2, 0) is 6.54 Å². The van der Waals surface area contributed by atoms with Gasteiger partial charge in [0.05, 0.1) is 12.8 Å². The Labute approximate surface area is 128 Å². The normalized spacial score (nSPS) is 12.7. The van der Waals surface area contributed by atoms with Crippen LogP contribution in [0.4, 0.5) is 0 Å². The summed E-state index contributed by atoms with van der Waals surface area (Å²) in [7, 11) is 2.14. The zero-order valence-corrected chi connectivity index (χ0v) is 13.1. The Balaban J connectivity index is 1.86. The minimum Gasteiger partial charge on any atom is -0.468 e. The Morgan fingerprint density at radius 3 is 2.62 bits per heavy atom. The van der Waals surface area contributed by atoms with Gasteiger partial charge in [-0.1, -0.05) is 37.3 Å². The average Bonchev–Trinajstić information content (AvgIpc) is 3.01. The highest BCUT2D eigenvalue weighted by Gasteiger charge is 2.12. The first-order valence-electron chi connectivity index (χ1n) is 7.79. The molecule has 0 saturated carbocycles. The van der Waals surface area contributed by atoms with Crippen molar-refractivity contribution in [1.82, 2.24) is 10.2 Å². The molecule has 1 atom stereocenters. The molecular formula is C18H26N2O. The van der Waals surface area contributed by atoms with Crippen LogP contribution in [0.5, 0.6) is 0 Å². The second-order valence-electron chi connectivity index (χ2n) is 5.52. The minimum absolute atomic E-state index is 0.421. The molecule has 2 aromatic rings. The van der Waals surface area contributed by atoms with E-state index in [4.69, 9.17) is 4.42 Å². The minimum atomic E-state index is 0.421. The number of hydrogen-bond acceptors (Lipinski definition) is 3. The zero-order chi connectivity index (χ0) is 14.9. The van der Waals surface area contributed by atoms with Crippen molar-refractivity contribution in [1.29, 1.82) is 0 Å². The second kappa shape index (κ2) is 8.65. The Kier molecular flexibility index (Phi) is 6.51. The van der Waals surface area contributed by atoms with Crippen molar-refractivity contribution in [3.8, 4) is 0 Å². The van der Waals surface area contributed by atoms with Gasteiger partial charge in [0.25, 0.3) is 0 Å². The quantitative estimate of drug-likeness (QED) is 0.759. The summed E-state index contributed by atoms with van der Waals surface area (Å²) in [6.07, 6.45) is 3.99. The molecule has 1 aromatic heterocycles. The molecule has 1 N–H and O–H groups in total. The van der Waals surface area contributed by atoms with Crippen LogP contribution in [0.25, 0.3) is 0 Å². The Morgan fingerprint density at radius 2 is 1.95 bits per heavy atom. The van der Waals surface area contributed by atoms with Gasteiger partial charge in [-0.3, -0.25) is 4.90 Å². The van der Waals surface area contributed by atoms with Crippen LogP contribution in [0.3, 0.4) is 0 Å². The molecule has 0 radical (unpaired) electrons. The molecule has 1 aromatic carbocycles. The lowest BCUT2D eigenvalue weighted by Crippen LogP contribution is -2.27. The smallest absolute Gasteiger partial charge is 0.117 e. The van der Waals surface area contributed by atoms with E-state index in [0.29, 0.717) is 6.04 Å². The van der Waals surface area contributed by atoms with E-state index in [0.717, 1.165) is 38.2 Å². The lowest BCUT2D eigenvalue weighted by atomic mass is 10.0. The van der Waals surface area contributed by atoms with Gasteiger partial charge in [-0.25, -0.2) is 0 Å². The predicted octanol–water partition coefficient (Wildman–Crippen LogP) is 3.84. The first-order chi connectivity index (χ1) is 10.3. The maximum absolute atomic E-state index is 5.40. The number of nitrogens with one attached hydrogen (secondary N) is 1. The molecule has 2 rings (SSSR count). The molecule has 0 aliphatic carbocycles. The second-order valence-corrected chi connectivity index (χ2v) is 5.52. The zero-order valence-electron chi connectivity index (χ0n) is 13.1. The summed E-state index contributed by atoms with van der Waals surface area (Å²) in [6, 6.07) is 15.1. The number of benzene rings is 1. The van der Waals surface area contributed by atoms with Gasteiger partial charge in [0, 0.05) is 12.6 Å². The van der Waals surface area contributed by atoms with Crippen molar-refractivity contribution in [2.24, 2.45) is 0 Å². The van der Waals surface area contributed by atoms with Crippen molar-refractivity contribution < 1.29 is 4.42 Å². The van der Waals surface area contributed by atoms with Gasteiger partial charge >= 0.3 is 0 Å². The van der Waals surface area contributed by atoms with E-state index in [1.807, 2.05) is 12.1 Å². The molecule has 21 heavy (non-hydrogen) atoms. The summed E-state index contributed by atoms with van der Waals surface area (Å²) < 4.78 is 5.40. The van der Waals surface area contributed by atoms with Crippen molar-refractivity contribution in [2.75, 3.05) is 20.1 Å². The fourth-order valence-electron chi connectivity index (χ4n) is 2.49. The molecule has 0 aliphatic heterocycles. The lowest BCUT2D eigenvalue weighted by Gasteiger charge is -2.22. The molecule has 0 saturated heterocycles. The van der Waals surface area contributed by atoms with Crippen molar-refractivity contribution >= 4 is 0 Å². The Bertz CT molecular complexity index is 481. The van der Waals surface area contributed by atoms with E-state index in [-0.39, 0.29) is 0 Å². The summed E-state index contributed by atoms with van der Waals surface area (Å²) in [6.45, 7) is 5.17. The van der Waals surface area contributed by atoms with Crippen LogP contribution in [-0.4, -0.2) is 25.0 Å². The van der Waals surface area contributed by atoms with E-state index in [1.54, 1.807) is 6.26 Å². The van der Waals surface area contributed by atoms with E-state index in [9.17, 15) is 0 Å².